The van der Waals surface area contributed by atoms with Gasteiger partial charge in [-0.2, -0.15) is 13.2 Å². The van der Waals surface area contributed by atoms with Crippen LogP contribution >= 0.6 is 11.9 Å². The molecule has 0 atom stereocenters. The van der Waals surface area contributed by atoms with Gasteiger partial charge in [0.1, 0.15) is 11.4 Å². The molecule has 35 heavy (non-hydrogen) atoms. The molecule has 0 fully saturated rings. The summed E-state index contributed by atoms with van der Waals surface area (Å²) in [7, 11) is 1.62. The summed E-state index contributed by atoms with van der Waals surface area (Å²) in [5.74, 6) is 1.15. The third-order valence-corrected chi connectivity index (χ3v) is 5.92. The lowest BCUT2D eigenvalue weighted by molar-refractivity contribution is -0.139. The van der Waals surface area contributed by atoms with E-state index in [1.807, 2.05) is 48.5 Å². The van der Waals surface area contributed by atoms with Crippen LogP contribution in [-0.2, 0) is 24.1 Å². The number of anilines is 1. The first kappa shape index (κ1) is 24.6. The Morgan fingerprint density at radius 3 is 2.37 bits per heavy atom. The van der Waals surface area contributed by atoms with Crippen LogP contribution in [0.15, 0.2) is 90.1 Å². The molecule has 180 valence electrons. The summed E-state index contributed by atoms with van der Waals surface area (Å²) in [6.45, 7) is 0.876. The Labute approximate surface area is 205 Å². The summed E-state index contributed by atoms with van der Waals surface area (Å²) in [6, 6.07) is 20.7. The molecule has 4 rings (SSSR count). The number of hydrogen-bond donors (Lipinski definition) is 1. The van der Waals surface area contributed by atoms with E-state index in [1.54, 1.807) is 19.4 Å². The number of benzene rings is 3. The molecule has 0 radical (unpaired) electrons. The molecule has 3 aromatic carbocycles. The molecule has 0 spiro atoms. The average Bonchev–Trinajstić information content (AvgIpc) is 2.88. The van der Waals surface area contributed by atoms with Gasteiger partial charge in [-0.15, -0.1) is 0 Å². The van der Waals surface area contributed by atoms with Crippen LogP contribution in [0.25, 0.3) is 11.3 Å². The van der Waals surface area contributed by atoms with Gasteiger partial charge >= 0.3 is 6.18 Å². The fraction of sp³-hybridized carbons (Fsp3) is 0.154. The summed E-state index contributed by atoms with van der Waals surface area (Å²) < 4.78 is 53.8. The quantitative estimate of drug-likeness (QED) is 0.251. The van der Waals surface area contributed by atoms with Crippen LogP contribution in [0.3, 0.4) is 0 Å². The summed E-state index contributed by atoms with van der Waals surface area (Å²) in [5.41, 5.74) is 2.60. The Morgan fingerprint density at radius 2 is 1.60 bits per heavy atom. The molecule has 1 N–H and O–H groups in total. The van der Waals surface area contributed by atoms with E-state index in [9.17, 15) is 13.2 Å². The molecule has 0 aliphatic rings. The largest absolute Gasteiger partial charge is 0.497 e. The maximum Gasteiger partial charge on any atom is 0.417 e. The summed E-state index contributed by atoms with van der Waals surface area (Å²) >= 11 is 0.849. The third-order valence-electron chi connectivity index (χ3n) is 5.05. The highest BCUT2D eigenvalue weighted by Gasteiger charge is 2.33. The van der Waals surface area contributed by atoms with Gasteiger partial charge in [0.2, 0.25) is 0 Å². The number of halogens is 3. The predicted molar refractivity (Wildman–Crippen MR) is 130 cm³/mol. The molecule has 1 aromatic heterocycles. The fourth-order valence-electron chi connectivity index (χ4n) is 3.32. The van der Waals surface area contributed by atoms with Crippen LogP contribution in [-0.4, -0.2) is 17.1 Å². The van der Waals surface area contributed by atoms with E-state index in [2.05, 4.69) is 14.7 Å². The van der Waals surface area contributed by atoms with E-state index >= 15 is 0 Å². The van der Waals surface area contributed by atoms with Crippen LogP contribution in [0.1, 0.15) is 16.7 Å². The number of methoxy groups -OCH3 is 1. The lowest BCUT2D eigenvalue weighted by Gasteiger charge is -2.14. The zero-order valence-corrected chi connectivity index (χ0v) is 19.6. The Hall–Kier alpha value is -3.56. The number of ether oxygens (including phenoxy) is 2. The van der Waals surface area contributed by atoms with Gasteiger partial charge in [-0.25, -0.2) is 4.98 Å². The minimum atomic E-state index is -4.44. The van der Waals surface area contributed by atoms with Crippen LogP contribution in [0, 0.1) is 0 Å². The van der Waals surface area contributed by atoms with Crippen molar-refractivity contribution >= 4 is 17.8 Å². The minimum absolute atomic E-state index is 0.0557. The number of rotatable bonds is 9. The number of hydrogen-bond acceptors (Lipinski definition) is 6. The predicted octanol–water partition coefficient (Wildman–Crippen LogP) is 7.01. The SMILES string of the molecule is COc1cccc(COCc2ccc(-c3nccnc3NSc3ccccc3C(F)(F)F)cc2)c1. The number of nitrogens with zero attached hydrogens (tertiary/aromatic N) is 2. The lowest BCUT2D eigenvalue weighted by Crippen LogP contribution is -2.07. The average molecular weight is 498 g/mol. The van der Waals surface area contributed by atoms with Crippen LogP contribution in [0.4, 0.5) is 19.0 Å². The van der Waals surface area contributed by atoms with Gasteiger partial charge in [0.15, 0.2) is 5.82 Å². The van der Waals surface area contributed by atoms with Crippen LogP contribution in [0.5, 0.6) is 5.75 Å². The molecule has 1 heterocycles. The first-order valence-electron chi connectivity index (χ1n) is 10.6. The van der Waals surface area contributed by atoms with E-state index in [0.717, 1.165) is 40.5 Å². The van der Waals surface area contributed by atoms with Crippen molar-refractivity contribution in [3.63, 3.8) is 0 Å². The van der Waals surface area contributed by atoms with Gasteiger partial charge < -0.3 is 14.2 Å². The Balaban J connectivity index is 1.41. The van der Waals surface area contributed by atoms with E-state index in [-0.39, 0.29) is 4.90 Å². The maximum atomic E-state index is 13.3. The maximum absolute atomic E-state index is 13.3. The normalized spacial score (nSPS) is 11.3. The lowest BCUT2D eigenvalue weighted by atomic mass is 10.1. The molecule has 0 saturated heterocycles. The zero-order chi connectivity index (χ0) is 24.7. The highest BCUT2D eigenvalue weighted by Crippen LogP contribution is 2.37. The van der Waals surface area contributed by atoms with Crippen LogP contribution in [0.2, 0.25) is 0 Å². The van der Waals surface area contributed by atoms with Crippen molar-refractivity contribution in [2.75, 3.05) is 11.8 Å². The smallest absolute Gasteiger partial charge is 0.417 e. The second-order valence-electron chi connectivity index (χ2n) is 7.49. The zero-order valence-electron chi connectivity index (χ0n) is 18.8. The van der Waals surface area contributed by atoms with Gasteiger partial charge in [-0.1, -0.05) is 48.5 Å². The summed E-state index contributed by atoms with van der Waals surface area (Å²) in [4.78, 5) is 8.70. The Bertz CT molecular complexity index is 1270. The van der Waals surface area contributed by atoms with E-state index in [0.29, 0.717) is 24.7 Å². The van der Waals surface area contributed by atoms with E-state index in [4.69, 9.17) is 9.47 Å². The molecule has 0 saturated carbocycles. The molecular formula is C26H22F3N3O2S. The highest BCUT2D eigenvalue weighted by atomic mass is 32.2. The molecule has 5 nitrogen and oxygen atoms in total. The van der Waals surface area contributed by atoms with Crippen molar-refractivity contribution < 1.29 is 22.6 Å². The first-order valence-corrected chi connectivity index (χ1v) is 11.5. The van der Waals surface area contributed by atoms with Crippen molar-refractivity contribution in [3.8, 4) is 17.0 Å². The third kappa shape index (κ3) is 6.52. The van der Waals surface area contributed by atoms with Crippen molar-refractivity contribution in [1.82, 2.24) is 9.97 Å². The number of nitrogens with one attached hydrogen (secondary N) is 1. The van der Waals surface area contributed by atoms with E-state index < -0.39 is 11.7 Å². The highest BCUT2D eigenvalue weighted by molar-refractivity contribution is 8.00. The van der Waals surface area contributed by atoms with Gasteiger partial charge in [0.25, 0.3) is 0 Å². The Morgan fingerprint density at radius 1 is 0.857 bits per heavy atom. The van der Waals surface area contributed by atoms with Crippen molar-refractivity contribution in [2.45, 2.75) is 24.3 Å². The topological polar surface area (TPSA) is 56.3 Å². The first-order chi connectivity index (χ1) is 16.9. The molecule has 0 aliphatic carbocycles. The molecule has 4 aromatic rings. The molecule has 0 unspecified atom stereocenters. The van der Waals surface area contributed by atoms with Crippen LogP contribution < -0.4 is 9.46 Å². The summed E-state index contributed by atoms with van der Waals surface area (Å²) in [6.07, 6.45) is -1.41. The van der Waals surface area contributed by atoms with Gasteiger partial charge in [-0.05, 0) is 47.3 Å². The molecular weight excluding hydrogens is 475 g/mol. The standard InChI is InChI=1S/C26H22F3N3O2S/c1-33-21-6-4-5-19(15-21)17-34-16-18-9-11-20(12-10-18)24-25(31-14-13-30-24)32-35-23-8-3-2-7-22(23)26(27,28)29/h2-15H,16-17H2,1H3,(H,31,32). The van der Waals surface area contributed by atoms with Gasteiger partial charge in [-0.3, -0.25) is 4.98 Å². The monoisotopic (exact) mass is 497 g/mol. The number of aromatic nitrogens is 2. The molecule has 9 heteroatoms. The second kappa shape index (κ2) is 11.2. The Kier molecular flexibility index (Phi) is 7.89. The van der Waals surface area contributed by atoms with Crippen molar-refractivity contribution in [1.29, 1.82) is 0 Å². The van der Waals surface area contributed by atoms with Gasteiger partial charge in [0.05, 0.1) is 25.9 Å². The minimum Gasteiger partial charge on any atom is -0.497 e. The van der Waals surface area contributed by atoms with E-state index in [1.165, 1.54) is 18.3 Å². The summed E-state index contributed by atoms with van der Waals surface area (Å²) in [5, 5.41) is 0. The molecule has 0 bridgehead atoms. The van der Waals surface area contributed by atoms with Crippen molar-refractivity contribution in [3.05, 3.63) is 102 Å². The molecule has 0 aliphatic heterocycles. The molecule has 0 amide bonds. The number of alkyl halides is 3. The van der Waals surface area contributed by atoms with Gasteiger partial charge in [0, 0.05) is 22.9 Å². The fourth-order valence-corrected chi connectivity index (χ4v) is 4.12. The second-order valence-corrected chi connectivity index (χ2v) is 8.34. The van der Waals surface area contributed by atoms with Crippen molar-refractivity contribution in [2.24, 2.45) is 0 Å².